The topological polar surface area (TPSA) is 130 Å². The lowest BCUT2D eigenvalue weighted by atomic mass is 9.89. The molecule has 0 saturated carbocycles. The van der Waals surface area contributed by atoms with E-state index in [1.54, 1.807) is 36.4 Å². The number of nitrogens with one attached hydrogen (secondary N) is 1. The van der Waals surface area contributed by atoms with Crippen LogP contribution in [0.3, 0.4) is 0 Å². The number of hydrogen-bond acceptors (Lipinski definition) is 7. The molecular formula is C24H18N2O6. The van der Waals surface area contributed by atoms with Crippen LogP contribution < -0.4 is 11.3 Å². The minimum absolute atomic E-state index is 0.160. The predicted octanol–water partition coefficient (Wildman–Crippen LogP) is 3.83. The molecule has 2 aromatic carbocycles. The number of imidazole rings is 1. The average Bonchev–Trinajstić information content (AvgIpc) is 3.26. The fraction of sp³-hybridized carbons (Fsp3) is 0.125. The maximum Gasteiger partial charge on any atom is 0.344 e. The zero-order chi connectivity index (χ0) is 22.6. The Balaban J connectivity index is 1.88. The van der Waals surface area contributed by atoms with E-state index in [1.165, 1.54) is 12.4 Å². The first-order valence-corrected chi connectivity index (χ1v) is 9.87. The molecule has 8 nitrogen and oxygen atoms in total. The lowest BCUT2D eigenvalue weighted by Gasteiger charge is -2.17. The van der Waals surface area contributed by atoms with Crippen LogP contribution in [0.15, 0.2) is 67.2 Å². The smallest absolute Gasteiger partial charge is 0.344 e. The minimum Gasteiger partial charge on any atom is -0.507 e. The van der Waals surface area contributed by atoms with Crippen molar-refractivity contribution in [2.75, 3.05) is 0 Å². The van der Waals surface area contributed by atoms with E-state index in [4.69, 9.17) is 8.83 Å². The van der Waals surface area contributed by atoms with Gasteiger partial charge in [-0.3, -0.25) is 0 Å². The molecule has 0 fully saturated rings. The molecule has 0 aliphatic carbocycles. The van der Waals surface area contributed by atoms with Gasteiger partial charge in [-0.05, 0) is 49.2 Å². The molecule has 0 spiro atoms. The van der Waals surface area contributed by atoms with Crippen LogP contribution in [0.1, 0.15) is 34.0 Å². The van der Waals surface area contributed by atoms with Gasteiger partial charge in [0.15, 0.2) is 0 Å². The molecule has 160 valence electrons. The lowest BCUT2D eigenvalue weighted by molar-refractivity contribution is 0.439. The largest absolute Gasteiger partial charge is 0.507 e. The van der Waals surface area contributed by atoms with Crippen molar-refractivity contribution in [2.24, 2.45) is 0 Å². The maximum atomic E-state index is 13.0. The van der Waals surface area contributed by atoms with Crippen molar-refractivity contribution in [1.29, 1.82) is 0 Å². The molecule has 32 heavy (non-hydrogen) atoms. The highest BCUT2D eigenvalue weighted by atomic mass is 16.4. The summed E-state index contributed by atoms with van der Waals surface area (Å²) in [4.78, 5) is 33.1. The van der Waals surface area contributed by atoms with Gasteiger partial charge in [0.25, 0.3) is 0 Å². The maximum absolute atomic E-state index is 13.0. The third kappa shape index (κ3) is 2.96. The van der Waals surface area contributed by atoms with Gasteiger partial charge in [0, 0.05) is 12.4 Å². The zero-order valence-electron chi connectivity index (χ0n) is 17.2. The number of nitrogens with zero attached hydrogens (tertiary/aromatic N) is 1. The van der Waals surface area contributed by atoms with Gasteiger partial charge in [-0.2, -0.15) is 0 Å². The minimum atomic E-state index is -1.26. The molecule has 0 radical (unpaired) electrons. The Kier molecular flexibility index (Phi) is 4.37. The summed E-state index contributed by atoms with van der Waals surface area (Å²) >= 11 is 0. The van der Waals surface area contributed by atoms with Crippen LogP contribution in [0.4, 0.5) is 0 Å². The van der Waals surface area contributed by atoms with Crippen LogP contribution in [-0.2, 0) is 0 Å². The van der Waals surface area contributed by atoms with Crippen LogP contribution in [0.5, 0.6) is 11.5 Å². The van der Waals surface area contributed by atoms with Crippen LogP contribution in [0, 0.1) is 13.8 Å². The Hall–Kier alpha value is -4.33. The Morgan fingerprint density at radius 3 is 1.78 bits per heavy atom. The lowest BCUT2D eigenvalue weighted by Crippen LogP contribution is -2.22. The fourth-order valence-electron chi connectivity index (χ4n) is 3.97. The predicted molar refractivity (Wildman–Crippen MR) is 117 cm³/mol. The number of fused-ring (bicyclic) bond motifs is 2. The molecular weight excluding hydrogens is 412 g/mol. The monoisotopic (exact) mass is 430 g/mol. The number of aromatic nitrogens is 2. The number of aromatic hydroxyl groups is 2. The standard InChI is InChI=1S/C24H18N2O6/c1-11-3-5-13-15(9-11)31-23(29)18(20(13)27)17(22-25-7-8-26-22)19-21(28)14-6-4-12(2)10-16(14)32-24(19)30/h3-10,17,27-28H,1-2H3,(H,25,26). The second-order valence-electron chi connectivity index (χ2n) is 7.71. The van der Waals surface area contributed by atoms with Gasteiger partial charge in [0.1, 0.15) is 28.5 Å². The second kappa shape index (κ2) is 7.12. The molecule has 3 aromatic heterocycles. The summed E-state index contributed by atoms with van der Waals surface area (Å²) in [6, 6.07) is 10.0. The van der Waals surface area contributed by atoms with E-state index in [2.05, 4.69) is 9.97 Å². The molecule has 0 amide bonds. The number of aryl methyl sites for hydroxylation is 2. The molecule has 5 rings (SSSR count). The first-order chi connectivity index (χ1) is 15.3. The van der Waals surface area contributed by atoms with E-state index in [9.17, 15) is 19.8 Å². The van der Waals surface area contributed by atoms with Gasteiger partial charge in [0.2, 0.25) is 0 Å². The van der Waals surface area contributed by atoms with E-state index in [-0.39, 0.29) is 39.6 Å². The Morgan fingerprint density at radius 1 is 0.844 bits per heavy atom. The molecule has 8 heteroatoms. The van der Waals surface area contributed by atoms with Crippen molar-refractivity contribution in [2.45, 2.75) is 19.8 Å². The summed E-state index contributed by atoms with van der Waals surface area (Å²) in [6.45, 7) is 3.66. The number of benzene rings is 2. The summed E-state index contributed by atoms with van der Waals surface area (Å²) in [5.74, 6) is -1.82. The Bertz CT molecular complexity index is 1510. The van der Waals surface area contributed by atoms with Crippen LogP contribution in [0.2, 0.25) is 0 Å². The third-order valence-corrected chi connectivity index (χ3v) is 5.51. The second-order valence-corrected chi connectivity index (χ2v) is 7.71. The molecule has 0 saturated heterocycles. The van der Waals surface area contributed by atoms with Gasteiger partial charge in [-0.1, -0.05) is 12.1 Å². The van der Waals surface area contributed by atoms with Gasteiger partial charge in [-0.25, -0.2) is 14.6 Å². The van der Waals surface area contributed by atoms with Crippen LogP contribution in [0.25, 0.3) is 21.9 Å². The molecule has 0 aliphatic heterocycles. The molecule has 0 aliphatic rings. The molecule has 3 heterocycles. The highest BCUT2D eigenvalue weighted by Crippen LogP contribution is 2.40. The number of aromatic amines is 1. The molecule has 0 bridgehead atoms. The molecule has 0 atom stereocenters. The van der Waals surface area contributed by atoms with Gasteiger partial charge >= 0.3 is 11.3 Å². The normalized spacial score (nSPS) is 11.6. The number of rotatable bonds is 3. The zero-order valence-corrected chi connectivity index (χ0v) is 17.2. The van der Waals surface area contributed by atoms with Gasteiger partial charge in [-0.15, -0.1) is 0 Å². The van der Waals surface area contributed by atoms with Crippen molar-refractivity contribution in [3.8, 4) is 11.5 Å². The van der Waals surface area contributed by atoms with Crippen LogP contribution >= 0.6 is 0 Å². The average molecular weight is 430 g/mol. The number of hydrogen-bond donors (Lipinski definition) is 3. The highest BCUT2D eigenvalue weighted by molar-refractivity contribution is 5.87. The highest BCUT2D eigenvalue weighted by Gasteiger charge is 2.34. The van der Waals surface area contributed by atoms with Gasteiger partial charge < -0.3 is 24.0 Å². The molecule has 5 aromatic rings. The van der Waals surface area contributed by atoms with Crippen molar-refractivity contribution in [1.82, 2.24) is 9.97 Å². The van der Waals surface area contributed by atoms with E-state index < -0.39 is 17.2 Å². The Morgan fingerprint density at radius 2 is 1.34 bits per heavy atom. The third-order valence-electron chi connectivity index (χ3n) is 5.51. The SMILES string of the molecule is Cc1ccc2c(O)c(C(c3ncc[nH]3)c3c(O)c4ccc(C)cc4oc3=O)c(=O)oc2c1. The van der Waals surface area contributed by atoms with Crippen molar-refractivity contribution < 1.29 is 19.0 Å². The number of H-pyrrole nitrogens is 1. The van der Waals surface area contributed by atoms with E-state index in [1.807, 2.05) is 13.8 Å². The first kappa shape index (κ1) is 19.6. The summed E-state index contributed by atoms with van der Waals surface area (Å²) in [5, 5.41) is 22.7. The van der Waals surface area contributed by atoms with E-state index in [0.29, 0.717) is 10.8 Å². The molecule has 3 N–H and O–H groups in total. The van der Waals surface area contributed by atoms with Crippen molar-refractivity contribution in [3.05, 3.63) is 97.7 Å². The summed E-state index contributed by atoms with van der Waals surface area (Å²) in [5.41, 5.74) is -0.0679. The first-order valence-electron chi connectivity index (χ1n) is 9.87. The fourth-order valence-corrected chi connectivity index (χ4v) is 3.97. The Labute approximate surface area is 180 Å². The van der Waals surface area contributed by atoms with Gasteiger partial charge in [0.05, 0.1) is 27.8 Å². The van der Waals surface area contributed by atoms with Crippen molar-refractivity contribution >= 4 is 21.9 Å². The summed E-state index contributed by atoms with van der Waals surface area (Å²) in [7, 11) is 0. The van der Waals surface area contributed by atoms with Crippen molar-refractivity contribution in [3.63, 3.8) is 0 Å². The van der Waals surface area contributed by atoms with E-state index in [0.717, 1.165) is 11.1 Å². The summed E-state index contributed by atoms with van der Waals surface area (Å²) < 4.78 is 10.9. The summed E-state index contributed by atoms with van der Waals surface area (Å²) in [6.07, 6.45) is 2.95. The molecule has 0 unspecified atom stereocenters. The quantitative estimate of drug-likeness (QED) is 0.371. The van der Waals surface area contributed by atoms with E-state index >= 15 is 0 Å². The van der Waals surface area contributed by atoms with Crippen LogP contribution in [-0.4, -0.2) is 20.2 Å².